The number of hydrogen-bond acceptors (Lipinski definition) is 1. The van der Waals surface area contributed by atoms with Gasteiger partial charge in [0.15, 0.2) is 0 Å². The molecule has 0 heterocycles. The highest BCUT2D eigenvalue weighted by atomic mass is 15.1. The standard InChI is InChI=1S/C11H16N2/c1-4-11(13(2)3)12-10-8-6-5-7-9-10/h5-9H,4H2,1-3H3. The maximum atomic E-state index is 4.52. The third-order valence-corrected chi connectivity index (χ3v) is 1.85. The van der Waals surface area contributed by atoms with Crippen LogP contribution < -0.4 is 0 Å². The molecule has 70 valence electrons. The number of aliphatic imine (C=N–C) groups is 1. The molecule has 0 aliphatic rings. The molecule has 0 aromatic heterocycles. The van der Waals surface area contributed by atoms with Crippen LogP contribution in [0.4, 0.5) is 5.69 Å². The van der Waals surface area contributed by atoms with Crippen LogP contribution in [0.25, 0.3) is 0 Å². The van der Waals surface area contributed by atoms with E-state index < -0.39 is 0 Å². The average molecular weight is 176 g/mol. The van der Waals surface area contributed by atoms with Crippen molar-refractivity contribution in [1.29, 1.82) is 0 Å². The number of amidine groups is 1. The number of para-hydroxylation sites is 1. The summed E-state index contributed by atoms with van der Waals surface area (Å²) in [5, 5.41) is 0. The zero-order valence-electron chi connectivity index (χ0n) is 8.49. The van der Waals surface area contributed by atoms with E-state index in [-0.39, 0.29) is 0 Å². The molecule has 0 spiro atoms. The van der Waals surface area contributed by atoms with E-state index >= 15 is 0 Å². The second-order valence-electron chi connectivity index (χ2n) is 3.11. The first-order chi connectivity index (χ1) is 6.24. The average Bonchev–Trinajstić information content (AvgIpc) is 2.15. The minimum absolute atomic E-state index is 0.960. The van der Waals surface area contributed by atoms with E-state index in [0.29, 0.717) is 0 Å². The second-order valence-corrected chi connectivity index (χ2v) is 3.11. The third-order valence-electron chi connectivity index (χ3n) is 1.85. The lowest BCUT2D eigenvalue weighted by atomic mass is 10.3. The van der Waals surface area contributed by atoms with Crippen LogP contribution in [0.2, 0.25) is 0 Å². The van der Waals surface area contributed by atoms with Gasteiger partial charge >= 0.3 is 0 Å². The summed E-state index contributed by atoms with van der Waals surface area (Å²) in [5.74, 6) is 1.10. The van der Waals surface area contributed by atoms with Crippen LogP contribution in [0.1, 0.15) is 13.3 Å². The van der Waals surface area contributed by atoms with Crippen molar-refractivity contribution in [3.05, 3.63) is 30.3 Å². The van der Waals surface area contributed by atoms with E-state index in [1.54, 1.807) is 0 Å². The van der Waals surface area contributed by atoms with Gasteiger partial charge in [0.2, 0.25) is 0 Å². The molecule has 13 heavy (non-hydrogen) atoms. The Bertz CT molecular complexity index is 275. The van der Waals surface area contributed by atoms with Crippen LogP contribution in [0.5, 0.6) is 0 Å². The summed E-state index contributed by atoms with van der Waals surface area (Å²) < 4.78 is 0. The van der Waals surface area contributed by atoms with Crippen molar-refractivity contribution in [2.24, 2.45) is 4.99 Å². The Hall–Kier alpha value is -1.31. The van der Waals surface area contributed by atoms with Crippen molar-refractivity contribution in [1.82, 2.24) is 4.90 Å². The molecule has 0 atom stereocenters. The van der Waals surface area contributed by atoms with Gasteiger partial charge in [0.05, 0.1) is 5.69 Å². The first-order valence-corrected chi connectivity index (χ1v) is 4.54. The number of benzene rings is 1. The van der Waals surface area contributed by atoms with E-state index in [0.717, 1.165) is 17.9 Å². The topological polar surface area (TPSA) is 15.6 Å². The van der Waals surface area contributed by atoms with Gasteiger partial charge in [-0.15, -0.1) is 0 Å². The molecule has 0 N–H and O–H groups in total. The Kier molecular flexibility index (Phi) is 3.50. The van der Waals surface area contributed by atoms with Crippen molar-refractivity contribution in [3.63, 3.8) is 0 Å². The fraction of sp³-hybridized carbons (Fsp3) is 0.364. The predicted octanol–water partition coefficient (Wildman–Crippen LogP) is 2.69. The molecule has 0 saturated heterocycles. The summed E-state index contributed by atoms with van der Waals surface area (Å²) in [4.78, 5) is 6.57. The van der Waals surface area contributed by atoms with Crippen LogP contribution in [-0.2, 0) is 0 Å². The summed E-state index contributed by atoms with van der Waals surface area (Å²) in [6, 6.07) is 10.0. The highest BCUT2D eigenvalue weighted by molar-refractivity contribution is 5.84. The quantitative estimate of drug-likeness (QED) is 0.499. The third kappa shape index (κ3) is 2.90. The zero-order valence-corrected chi connectivity index (χ0v) is 8.49. The first kappa shape index (κ1) is 9.78. The molecule has 0 amide bonds. The van der Waals surface area contributed by atoms with Crippen molar-refractivity contribution in [2.45, 2.75) is 13.3 Å². The molecule has 1 rings (SSSR count). The number of hydrogen-bond donors (Lipinski definition) is 0. The smallest absolute Gasteiger partial charge is 0.104 e. The van der Waals surface area contributed by atoms with E-state index in [4.69, 9.17) is 0 Å². The van der Waals surface area contributed by atoms with Gasteiger partial charge < -0.3 is 4.90 Å². The normalized spacial score (nSPS) is 11.5. The van der Waals surface area contributed by atoms with Gasteiger partial charge in [0.1, 0.15) is 5.84 Å². The Morgan fingerprint density at radius 2 is 1.85 bits per heavy atom. The molecule has 0 aliphatic carbocycles. The van der Waals surface area contributed by atoms with Gasteiger partial charge in [0.25, 0.3) is 0 Å². The molecule has 0 unspecified atom stereocenters. The maximum absolute atomic E-state index is 4.52. The Balaban J connectivity index is 2.85. The Morgan fingerprint density at radius 3 is 2.31 bits per heavy atom. The van der Waals surface area contributed by atoms with Gasteiger partial charge in [-0.05, 0) is 12.1 Å². The van der Waals surface area contributed by atoms with E-state index in [9.17, 15) is 0 Å². The molecule has 0 radical (unpaired) electrons. The van der Waals surface area contributed by atoms with Crippen LogP contribution in [0, 0.1) is 0 Å². The van der Waals surface area contributed by atoms with Crippen LogP contribution in [0.3, 0.4) is 0 Å². The van der Waals surface area contributed by atoms with Gasteiger partial charge in [-0.3, -0.25) is 0 Å². The van der Waals surface area contributed by atoms with Crippen LogP contribution in [0.15, 0.2) is 35.3 Å². The SMILES string of the molecule is CCC(=Nc1ccccc1)N(C)C. The molecule has 2 heteroatoms. The van der Waals surface area contributed by atoms with Gasteiger partial charge in [-0.1, -0.05) is 25.1 Å². The summed E-state index contributed by atoms with van der Waals surface area (Å²) in [6.07, 6.45) is 0.960. The predicted molar refractivity (Wildman–Crippen MR) is 57.5 cm³/mol. The van der Waals surface area contributed by atoms with Crippen LogP contribution in [-0.4, -0.2) is 24.8 Å². The fourth-order valence-corrected chi connectivity index (χ4v) is 1.15. The summed E-state index contributed by atoms with van der Waals surface area (Å²) in [5.41, 5.74) is 1.02. The van der Waals surface area contributed by atoms with Gasteiger partial charge in [-0.2, -0.15) is 0 Å². The van der Waals surface area contributed by atoms with Gasteiger partial charge in [0, 0.05) is 20.5 Å². The zero-order chi connectivity index (χ0) is 9.68. The van der Waals surface area contributed by atoms with Gasteiger partial charge in [-0.25, -0.2) is 4.99 Å². The summed E-state index contributed by atoms with van der Waals surface area (Å²) in [6.45, 7) is 2.11. The lowest BCUT2D eigenvalue weighted by Gasteiger charge is -2.13. The lowest BCUT2D eigenvalue weighted by Crippen LogP contribution is -2.20. The Labute approximate surface area is 79.9 Å². The van der Waals surface area contributed by atoms with E-state index in [1.807, 2.05) is 49.3 Å². The molecule has 0 saturated carbocycles. The first-order valence-electron chi connectivity index (χ1n) is 4.54. The van der Waals surface area contributed by atoms with Crippen molar-refractivity contribution in [2.75, 3.05) is 14.1 Å². The maximum Gasteiger partial charge on any atom is 0.104 e. The molecule has 2 nitrogen and oxygen atoms in total. The summed E-state index contributed by atoms with van der Waals surface area (Å²) in [7, 11) is 4.04. The fourth-order valence-electron chi connectivity index (χ4n) is 1.15. The second kappa shape index (κ2) is 4.65. The number of nitrogens with zero attached hydrogens (tertiary/aromatic N) is 2. The molecular formula is C11H16N2. The minimum Gasteiger partial charge on any atom is -0.366 e. The molecule has 0 fully saturated rings. The highest BCUT2D eigenvalue weighted by Gasteiger charge is 1.97. The molecule has 0 bridgehead atoms. The monoisotopic (exact) mass is 176 g/mol. The largest absolute Gasteiger partial charge is 0.366 e. The lowest BCUT2D eigenvalue weighted by molar-refractivity contribution is 0.608. The van der Waals surface area contributed by atoms with E-state index in [2.05, 4.69) is 11.9 Å². The Morgan fingerprint density at radius 1 is 1.23 bits per heavy atom. The summed E-state index contributed by atoms with van der Waals surface area (Å²) >= 11 is 0. The van der Waals surface area contributed by atoms with Crippen molar-refractivity contribution >= 4 is 11.5 Å². The van der Waals surface area contributed by atoms with E-state index in [1.165, 1.54) is 0 Å². The van der Waals surface area contributed by atoms with Crippen molar-refractivity contribution < 1.29 is 0 Å². The number of rotatable bonds is 2. The highest BCUT2D eigenvalue weighted by Crippen LogP contribution is 2.11. The molecule has 0 aliphatic heterocycles. The molecule has 1 aromatic rings. The van der Waals surface area contributed by atoms with Crippen LogP contribution >= 0.6 is 0 Å². The van der Waals surface area contributed by atoms with Crippen molar-refractivity contribution in [3.8, 4) is 0 Å². The minimum atomic E-state index is 0.960. The molecular weight excluding hydrogens is 160 g/mol. The molecule has 1 aromatic carbocycles.